The lowest BCUT2D eigenvalue weighted by Crippen LogP contribution is -2.16. The second kappa shape index (κ2) is 10.1. The van der Waals surface area contributed by atoms with Crippen molar-refractivity contribution in [2.24, 2.45) is 0 Å². The van der Waals surface area contributed by atoms with Gasteiger partial charge in [0.15, 0.2) is 5.75 Å². The number of hydrogen-bond acceptors (Lipinski definition) is 4. The van der Waals surface area contributed by atoms with Crippen LogP contribution in [0.5, 0.6) is 5.75 Å². The van der Waals surface area contributed by atoms with Crippen LogP contribution in [0.4, 0.5) is 0 Å². The van der Waals surface area contributed by atoms with Gasteiger partial charge in [0, 0.05) is 19.3 Å². The van der Waals surface area contributed by atoms with Gasteiger partial charge in [-0.3, -0.25) is 9.59 Å². The van der Waals surface area contributed by atoms with Crippen molar-refractivity contribution in [2.75, 3.05) is 0 Å². The van der Waals surface area contributed by atoms with E-state index in [1.807, 2.05) is 0 Å². The summed E-state index contributed by atoms with van der Waals surface area (Å²) in [7, 11) is 0. The maximum atomic E-state index is 11.7. The molecule has 4 nitrogen and oxygen atoms in total. The Bertz CT molecular complexity index is 584. The highest BCUT2D eigenvalue weighted by Crippen LogP contribution is 2.31. The zero-order chi connectivity index (χ0) is 17.2. The monoisotopic (exact) mass is 356 g/mol. The van der Waals surface area contributed by atoms with Crippen molar-refractivity contribution in [3.63, 3.8) is 0 Å². The minimum Gasteiger partial charge on any atom is -0.458 e. The molecule has 0 saturated heterocycles. The van der Waals surface area contributed by atoms with E-state index < -0.39 is 18.0 Å². The molecule has 0 aromatic heterocycles. The lowest BCUT2D eigenvalue weighted by molar-refractivity contribution is -0.147. The molecule has 1 unspecified atom stereocenters. The van der Waals surface area contributed by atoms with Crippen LogP contribution in [-0.4, -0.2) is 18.0 Å². The van der Waals surface area contributed by atoms with Crippen LogP contribution in [0.25, 0.3) is 0 Å². The van der Waals surface area contributed by atoms with E-state index in [9.17, 15) is 9.59 Å². The standard InChI is InChI=1S/C17H18Cl2O4/c1-3-7-12(4-2)22-15(20)10-6-11-16(21)23-14-9-5-8-13(18)17(14)19/h3-5,8-9,12H,1-2,6-7,10-11H2. The van der Waals surface area contributed by atoms with Crippen molar-refractivity contribution in [1.82, 2.24) is 0 Å². The SMILES string of the molecule is C=CCC(C=C)OC(=O)CCCC(=O)Oc1cccc(Cl)c1Cl. The van der Waals surface area contributed by atoms with Crippen LogP contribution in [0.3, 0.4) is 0 Å². The van der Waals surface area contributed by atoms with Crippen molar-refractivity contribution >= 4 is 35.1 Å². The van der Waals surface area contributed by atoms with Gasteiger partial charge in [0.1, 0.15) is 11.1 Å². The number of carbonyl (C=O) groups is 2. The lowest BCUT2D eigenvalue weighted by Gasteiger charge is -2.11. The highest BCUT2D eigenvalue weighted by atomic mass is 35.5. The zero-order valence-electron chi connectivity index (χ0n) is 12.6. The van der Waals surface area contributed by atoms with Crippen LogP contribution >= 0.6 is 23.2 Å². The first-order chi connectivity index (χ1) is 11.0. The molecule has 1 atom stereocenters. The molecule has 0 amide bonds. The van der Waals surface area contributed by atoms with Crippen molar-refractivity contribution in [2.45, 2.75) is 31.8 Å². The second-order valence-corrected chi connectivity index (χ2v) is 5.45. The molecule has 1 rings (SSSR count). The highest BCUT2D eigenvalue weighted by Gasteiger charge is 2.13. The average Bonchev–Trinajstić information content (AvgIpc) is 2.51. The molecular weight excluding hydrogens is 339 g/mol. The molecule has 0 radical (unpaired) electrons. The van der Waals surface area contributed by atoms with Crippen molar-refractivity contribution < 1.29 is 19.1 Å². The van der Waals surface area contributed by atoms with Crippen LogP contribution in [-0.2, 0) is 14.3 Å². The third-order valence-electron chi connectivity index (χ3n) is 2.85. The zero-order valence-corrected chi connectivity index (χ0v) is 14.1. The summed E-state index contributed by atoms with van der Waals surface area (Å²) < 4.78 is 10.3. The average molecular weight is 357 g/mol. The van der Waals surface area contributed by atoms with Gasteiger partial charge in [0.2, 0.25) is 0 Å². The number of ether oxygens (including phenoxy) is 2. The van der Waals surface area contributed by atoms with Crippen LogP contribution in [0.15, 0.2) is 43.5 Å². The maximum absolute atomic E-state index is 11.7. The summed E-state index contributed by atoms with van der Waals surface area (Å²) in [5.41, 5.74) is 0. The molecule has 6 heteroatoms. The second-order valence-electron chi connectivity index (χ2n) is 4.67. The molecule has 1 aromatic carbocycles. The van der Waals surface area contributed by atoms with E-state index in [0.29, 0.717) is 17.9 Å². The molecule has 0 aliphatic rings. The van der Waals surface area contributed by atoms with Crippen molar-refractivity contribution in [3.05, 3.63) is 53.6 Å². The predicted molar refractivity (Wildman–Crippen MR) is 90.8 cm³/mol. The van der Waals surface area contributed by atoms with E-state index in [-0.39, 0.29) is 23.6 Å². The normalized spacial score (nSPS) is 11.4. The molecule has 0 spiro atoms. The van der Waals surface area contributed by atoms with Crippen molar-refractivity contribution in [3.8, 4) is 5.75 Å². The maximum Gasteiger partial charge on any atom is 0.311 e. The predicted octanol–water partition coefficient (Wildman–Crippen LogP) is 4.74. The van der Waals surface area contributed by atoms with E-state index in [2.05, 4.69) is 13.2 Å². The van der Waals surface area contributed by atoms with Crippen LogP contribution in [0.2, 0.25) is 10.0 Å². The Hall–Kier alpha value is -1.78. The Balaban J connectivity index is 2.36. The van der Waals surface area contributed by atoms with E-state index in [1.54, 1.807) is 24.3 Å². The first-order valence-electron chi connectivity index (χ1n) is 7.05. The van der Waals surface area contributed by atoms with E-state index in [1.165, 1.54) is 6.08 Å². The van der Waals surface area contributed by atoms with E-state index in [4.69, 9.17) is 32.7 Å². The number of hydrogen-bond donors (Lipinski definition) is 0. The third kappa shape index (κ3) is 6.89. The Morgan fingerprint density at radius 1 is 1.17 bits per heavy atom. The molecule has 0 fully saturated rings. The number of carbonyl (C=O) groups excluding carboxylic acids is 2. The topological polar surface area (TPSA) is 52.6 Å². The minimum absolute atomic E-state index is 0.0676. The van der Waals surface area contributed by atoms with Gasteiger partial charge >= 0.3 is 11.9 Å². The smallest absolute Gasteiger partial charge is 0.311 e. The van der Waals surface area contributed by atoms with Crippen LogP contribution in [0.1, 0.15) is 25.7 Å². The van der Waals surface area contributed by atoms with Crippen molar-refractivity contribution in [1.29, 1.82) is 0 Å². The Morgan fingerprint density at radius 3 is 2.52 bits per heavy atom. The van der Waals surface area contributed by atoms with E-state index >= 15 is 0 Å². The number of benzene rings is 1. The Morgan fingerprint density at radius 2 is 1.87 bits per heavy atom. The van der Waals surface area contributed by atoms with Gasteiger partial charge in [-0.25, -0.2) is 0 Å². The quantitative estimate of drug-likeness (QED) is 0.364. The lowest BCUT2D eigenvalue weighted by atomic mass is 10.2. The summed E-state index contributed by atoms with van der Waals surface area (Å²) in [6.07, 6.45) is 3.79. The summed E-state index contributed by atoms with van der Waals surface area (Å²) in [5.74, 6) is -0.692. The molecule has 0 bridgehead atoms. The molecule has 124 valence electrons. The molecule has 0 N–H and O–H groups in total. The third-order valence-corrected chi connectivity index (χ3v) is 3.65. The molecular formula is C17H18Cl2O4. The molecule has 1 aromatic rings. The summed E-state index contributed by atoms with van der Waals surface area (Å²) in [5, 5.41) is 0.485. The largest absolute Gasteiger partial charge is 0.458 e. The highest BCUT2D eigenvalue weighted by molar-refractivity contribution is 6.43. The molecule has 0 aliphatic heterocycles. The number of esters is 2. The van der Waals surface area contributed by atoms with Crippen LogP contribution in [0, 0.1) is 0 Å². The minimum atomic E-state index is -0.492. The van der Waals surface area contributed by atoms with Gasteiger partial charge in [-0.2, -0.15) is 0 Å². The molecule has 0 heterocycles. The first kappa shape index (κ1) is 19.3. The fourth-order valence-electron chi connectivity index (χ4n) is 1.70. The Kier molecular flexibility index (Phi) is 8.45. The number of halogens is 2. The van der Waals surface area contributed by atoms with Gasteiger partial charge in [0.05, 0.1) is 5.02 Å². The molecule has 23 heavy (non-hydrogen) atoms. The van der Waals surface area contributed by atoms with Crippen LogP contribution < -0.4 is 4.74 Å². The number of rotatable bonds is 9. The Labute approximate surface area is 145 Å². The summed E-state index contributed by atoms with van der Waals surface area (Å²) >= 11 is 11.8. The van der Waals surface area contributed by atoms with Gasteiger partial charge in [-0.05, 0) is 18.6 Å². The summed E-state index contributed by atoms with van der Waals surface area (Å²) in [6.45, 7) is 7.15. The van der Waals surface area contributed by atoms with Gasteiger partial charge in [-0.1, -0.05) is 48.0 Å². The van der Waals surface area contributed by atoms with E-state index in [0.717, 1.165) is 0 Å². The van der Waals surface area contributed by atoms with Gasteiger partial charge in [0.25, 0.3) is 0 Å². The fraction of sp³-hybridized carbons (Fsp3) is 0.294. The summed E-state index contributed by atoms with van der Waals surface area (Å²) in [4.78, 5) is 23.4. The molecule has 0 saturated carbocycles. The van der Waals surface area contributed by atoms with Gasteiger partial charge < -0.3 is 9.47 Å². The first-order valence-corrected chi connectivity index (χ1v) is 7.81. The summed E-state index contributed by atoms with van der Waals surface area (Å²) in [6, 6.07) is 4.77. The molecule has 0 aliphatic carbocycles. The fourth-order valence-corrected chi connectivity index (χ4v) is 2.03. The van der Waals surface area contributed by atoms with Gasteiger partial charge in [-0.15, -0.1) is 6.58 Å².